The third-order valence-corrected chi connectivity index (χ3v) is 8.30. The van der Waals surface area contributed by atoms with E-state index in [2.05, 4.69) is 43.4 Å². The highest BCUT2D eigenvalue weighted by atomic mass is 32.1. The van der Waals surface area contributed by atoms with Crippen LogP contribution in [0.4, 0.5) is 5.82 Å². The van der Waals surface area contributed by atoms with E-state index < -0.39 is 0 Å². The fraction of sp³-hybridized carbons (Fsp3) is 0.385. The molecule has 2 aliphatic rings. The lowest BCUT2D eigenvalue weighted by Crippen LogP contribution is -2.44. The highest BCUT2D eigenvalue weighted by Gasteiger charge is 2.26. The van der Waals surface area contributed by atoms with Gasteiger partial charge in [0.1, 0.15) is 5.65 Å². The number of H-pyrrole nitrogens is 1. The highest BCUT2D eigenvalue weighted by molar-refractivity contribution is 7.18. The lowest BCUT2D eigenvalue weighted by Gasteiger charge is -2.34. The Morgan fingerprint density at radius 3 is 2.94 bits per heavy atom. The monoisotopic (exact) mass is 500 g/mol. The number of hydrogen-bond acceptors (Lipinski definition) is 8. The summed E-state index contributed by atoms with van der Waals surface area (Å²) in [4.78, 5) is 20.4. The van der Waals surface area contributed by atoms with Crippen LogP contribution in [0.3, 0.4) is 0 Å². The van der Waals surface area contributed by atoms with E-state index >= 15 is 0 Å². The van der Waals surface area contributed by atoms with Crippen molar-refractivity contribution in [2.24, 2.45) is 0 Å². The van der Waals surface area contributed by atoms with Crippen molar-refractivity contribution in [1.82, 2.24) is 35.0 Å². The number of nitrogens with zero attached hydrogens (tertiary/aromatic N) is 6. The van der Waals surface area contributed by atoms with E-state index in [4.69, 9.17) is 19.8 Å². The molecule has 0 amide bonds. The molecule has 0 spiro atoms. The van der Waals surface area contributed by atoms with Gasteiger partial charge in [0, 0.05) is 52.6 Å². The van der Waals surface area contributed by atoms with E-state index in [1.165, 1.54) is 0 Å². The van der Waals surface area contributed by atoms with Crippen molar-refractivity contribution in [2.45, 2.75) is 31.8 Å². The third-order valence-electron chi connectivity index (χ3n) is 7.33. The maximum absolute atomic E-state index is 5.73. The maximum Gasteiger partial charge on any atom is 0.163 e. The number of ether oxygens (including phenoxy) is 1. The molecular weight excluding hydrogens is 472 g/mol. The summed E-state index contributed by atoms with van der Waals surface area (Å²) >= 11 is 1.71. The molecule has 184 valence electrons. The van der Waals surface area contributed by atoms with Crippen LogP contribution in [0, 0.1) is 0 Å². The van der Waals surface area contributed by atoms with Gasteiger partial charge < -0.3 is 19.9 Å². The predicted octanol–water partition coefficient (Wildman–Crippen LogP) is 4.25. The molecule has 5 aromatic rings. The fourth-order valence-electron chi connectivity index (χ4n) is 5.37. The van der Waals surface area contributed by atoms with Crippen molar-refractivity contribution >= 4 is 38.4 Å². The van der Waals surface area contributed by atoms with Gasteiger partial charge >= 0.3 is 0 Å². The largest absolute Gasteiger partial charge is 0.377 e. The number of aromatic amines is 1. The quantitative estimate of drug-likeness (QED) is 0.381. The molecule has 9 nitrogen and oxygen atoms in total. The molecule has 36 heavy (non-hydrogen) atoms. The van der Waals surface area contributed by atoms with Crippen LogP contribution in [0.15, 0.2) is 42.3 Å². The van der Waals surface area contributed by atoms with E-state index in [9.17, 15) is 0 Å². The summed E-state index contributed by atoms with van der Waals surface area (Å²) in [5.41, 5.74) is 5.01. The number of rotatable bonds is 4. The first kappa shape index (κ1) is 21.9. The summed E-state index contributed by atoms with van der Waals surface area (Å²) in [6.07, 6.45) is 10.1. The van der Waals surface area contributed by atoms with Gasteiger partial charge in [-0.1, -0.05) is 0 Å². The van der Waals surface area contributed by atoms with Gasteiger partial charge in [-0.15, -0.1) is 11.3 Å². The molecule has 0 bridgehead atoms. The average molecular weight is 501 g/mol. The average Bonchev–Trinajstić information content (AvgIpc) is 3.68. The standard InChI is InChI=1S/C26H28N8OS/c1-16-14-35-11-10-33(16)26-23-22(31-25(32-26)20-5-9-29-24-19(20)4-8-28-24)21(15-36-23)17-12-30-34(13-17)18-2-6-27-7-3-18/h4-5,8-9,12-13,15-16,18,27H,2-3,6-7,10-11,14H2,1H3,(H,28,29)/t16-/m1/s1. The Kier molecular flexibility index (Phi) is 5.45. The second-order valence-corrected chi connectivity index (χ2v) is 10.5. The number of morpholine rings is 1. The maximum atomic E-state index is 5.73. The molecule has 1 atom stereocenters. The highest BCUT2D eigenvalue weighted by Crippen LogP contribution is 2.40. The number of aromatic nitrogens is 6. The number of nitrogens with one attached hydrogen (secondary N) is 2. The van der Waals surface area contributed by atoms with Crippen LogP contribution < -0.4 is 10.2 Å². The van der Waals surface area contributed by atoms with Crippen molar-refractivity contribution in [1.29, 1.82) is 0 Å². The number of piperidine rings is 1. The summed E-state index contributed by atoms with van der Waals surface area (Å²) in [5.74, 6) is 1.70. The summed E-state index contributed by atoms with van der Waals surface area (Å²) < 4.78 is 8.98. The molecule has 0 unspecified atom stereocenters. The SMILES string of the molecule is C[C@@H]1COCCN1c1nc(-c2ccnc3[nH]ccc23)nc2c(-c3cnn(C4CCNCC4)c3)csc12. The van der Waals surface area contributed by atoms with Gasteiger partial charge in [-0.2, -0.15) is 5.10 Å². The van der Waals surface area contributed by atoms with Gasteiger partial charge in [-0.25, -0.2) is 15.0 Å². The number of pyridine rings is 1. The van der Waals surface area contributed by atoms with Gasteiger partial charge in [0.2, 0.25) is 0 Å². The molecule has 5 aromatic heterocycles. The molecule has 2 fully saturated rings. The molecule has 0 saturated carbocycles. The molecular formula is C26H28N8OS. The van der Waals surface area contributed by atoms with Crippen molar-refractivity contribution in [3.63, 3.8) is 0 Å². The molecule has 0 aromatic carbocycles. The molecule has 2 aliphatic heterocycles. The number of hydrogen-bond donors (Lipinski definition) is 2. The number of thiophene rings is 1. The predicted molar refractivity (Wildman–Crippen MR) is 142 cm³/mol. The summed E-state index contributed by atoms with van der Waals surface area (Å²) in [6.45, 7) is 6.48. The van der Waals surface area contributed by atoms with Crippen LogP contribution in [-0.2, 0) is 4.74 Å². The van der Waals surface area contributed by atoms with E-state index in [0.29, 0.717) is 25.1 Å². The van der Waals surface area contributed by atoms with E-state index in [1.54, 1.807) is 11.3 Å². The van der Waals surface area contributed by atoms with Gasteiger partial charge in [-0.05, 0) is 45.0 Å². The lowest BCUT2D eigenvalue weighted by molar-refractivity contribution is 0.0987. The number of fused-ring (bicyclic) bond motifs is 2. The second-order valence-electron chi connectivity index (χ2n) is 9.60. The van der Waals surface area contributed by atoms with Crippen LogP contribution in [0.1, 0.15) is 25.8 Å². The summed E-state index contributed by atoms with van der Waals surface area (Å²) in [6, 6.07) is 4.73. The molecule has 2 saturated heterocycles. The molecule has 2 N–H and O–H groups in total. The normalized spacial score (nSPS) is 19.5. The topological polar surface area (TPSA) is 96.8 Å². The van der Waals surface area contributed by atoms with Gasteiger partial charge in [0.25, 0.3) is 0 Å². The zero-order chi connectivity index (χ0) is 24.1. The van der Waals surface area contributed by atoms with E-state index in [1.807, 2.05) is 30.7 Å². The van der Waals surface area contributed by atoms with Crippen molar-refractivity contribution < 1.29 is 4.74 Å². The zero-order valence-corrected chi connectivity index (χ0v) is 21.0. The summed E-state index contributed by atoms with van der Waals surface area (Å²) in [5, 5.41) is 11.4. The van der Waals surface area contributed by atoms with E-state index in [0.717, 1.165) is 76.2 Å². The molecule has 7 heterocycles. The second kappa shape index (κ2) is 8.95. The first-order valence-corrected chi connectivity index (χ1v) is 13.5. The Labute approximate surface area is 212 Å². The van der Waals surface area contributed by atoms with Crippen LogP contribution in [0.5, 0.6) is 0 Å². The Hall–Kier alpha value is -3.34. The van der Waals surface area contributed by atoms with Gasteiger partial charge in [0.15, 0.2) is 11.6 Å². The lowest BCUT2D eigenvalue weighted by atomic mass is 10.1. The molecule has 7 rings (SSSR count). The van der Waals surface area contributed by atoms with Gasteiger partial charge in [0.05, 0.1) is 41.7 Å². The van der Waals surface area contributed by atoms with Crippen molar-refractivity contribution in [3.05, 3.63) is 42.3 Å². The van der Waals surface area contributed by atoms with E-state index in [-0.39, 0.29) is 6.04 Å². The minimum Gasteiger partial charge on any atom is -0.377 e. The minimum absolute atomic E-state index is 0.239. The smallest absolute Gasteiger partial charge is 0.163 e. The summed E-state index contributed by atoms with van der Waals surface area (Å²) in [7, 11) is 0. The van der Waals surface area contributed by atoms with Crippen molar-refractivity contribution in [3.8, 4) is 22.5 Å². The third kappa shape index (κ3) is 3.68. The van der Waals surface area contributed by atoms with Crippen molar-refractivity contribution in [2.75, 3.05) is 37.7 Å². The first-order chi connectivity index (χ1) is 17.8. The molecule has 0 aliphatic carbocycles. The number of anilines is 1. The van der Waals surface area contributed by atoms with Crippen LogP contribution in [0.25, 0.3) is 43.8 Å². The Balaban J connectivity index is 1.40. The molecule has 0 radical (unpaired) electrons. The first-order valence-electron chi connectivity index (χ1n) is 12.6. The van der Waals surface area contributed by atoms with Crippen LogP contribution in [-0.4, -0.2) is 68.6 Å². The Bertz CT molecular complexity index is 1530. The Morgan fingerprint density at radius 2 is 2.06 bits per heavy atom. The van der Waals surface area contributed by atoms with Gasteiger partial charge in [-0.3, -0.25) is 4.68 Å². The van der Waals surface area contributed by atoms with Crippen LogP contribution in [0.2, 0.25) is 0 Å². The molecule has 10 heteroatoms. The van der Waals surface area contributed by atoms with Crippen LogP contribution >= 0.6 is 11.3 Å². The minimum atomic E-state index is 0.239. The fourth-order valence-corrected chi connectivity index (χ4v) is 6.39. The Morgan fingerprint density at radius 1 is 1.14 bits per heavy atom. The zero-order valence-electron chi connectivity index (χ0n) is 20.1.